The summed E-state index contributed by atoms with van der Waals surface area (Å²) in [6.07, 6.45) is 8.62. The van der Waals surface area contributed by atoms with E-state index < -0.39 is 0 Å². The van der Waals surface area contributed by atoms with Crippen LogP contribution in [0.5, 0.6) is 5.88 Å². The van der Waals surface area contributed by atoms with Gasteiger partial charge in [0.05, 0.1) is 6.10 Å². The highest BCUT2D eigenvalue weighted by atomic mass is 32.2. The highest BCUT2D eigenvalue weighted by Crippen LogP contribution is 2.31. The SMILES string of the molecule is CSC1CCCC(Nc2ncnc(OC(C)C)c2N)C1. The van der Waals surface area contributed by atoms with Gasteiger partial charge in [-0.2, -0.15) is 16.7 Å². The zero-order valence-electron chi connectivity index (χ0n) is 12.4. The molecular weight excluding hydrogens is 272 g/mol. The maximum atomic E-state index is 6.10. The van der Waals surface area contributed by atoms with Crippen molar-refractivity contribution < 1.29 is 4.74 Å². The molecule has 0 saturated heterocycles. The number of hydrogen-bond acceptors (Lipinski definition) is 6. The van der Waals surface area contributed by atoms with Crippen LogP contribution in [0.4, 0.5) is 11.5 Å². The highest BCUT2D eigenvalue weighted by Gasteiger charge is 2.22. The molecule has 5 nitrogen and oxygen atoms in total. The van der Waals surface area contributed by atoms with Crippen LogP contribution in [-0.4, -0.2) is 33.6 Å². The van der Waals surface area contributed by atoms with Gasteiger partial charge in [-0.15, -0.1) is 0 Å². The Morgan fingerprint density at radius 1 is 1.40 bits per heavy atom. The summed E-state index contributed by atoms with van der Waals surface area (Å²) in [6, 6.07) is 0.435. The zero-order valence-corrected chi connectivity index (χ0v) is 13.2. The Morgan fingerprint density at radius 3 is 2.90 bits per heavy atom. The van der Waals surface area contributed by atoms with Crippen molar-refractivity contribution in [3.63, 3.8) is 0 Å². The van der Waals surface area contributed by atoms with E-state index in [2.05, 4.69) is 21.5 Å². The number of aromatic nitrogens is 2. The summed E-state index contributed by atoms with van der Waals surface area (Å²) >= 11 is 1.95. The summed E-state index contributed by atoms with van der Waals surface area (Å²) in [5.41, 5.74) is 6.61. The van der Waals surface area contributed by atoms with Gasteiger partial charge in [0.2, 0.25) is 5.88 Å². The van der Waals surface area contributed by atoms with Gasteiger partial charge in [-0.1, -0.05) is 6.42 Å². The first-order chi connectivity index (χ1) is 9.60. The maximum absolute atomic E-state index is 6.10. The van der Waals surface area contributed by atoms with E-state index in [0.29, 0.717) is 23.4 Å². The Balaban J connectivity index is 2.05. The summed E-state index contributed by atoms with van der Waals surface area (Å²) in [7, 11) is 0. The third-order valence-electron chi connectivity index (χ3n) is 3.49. The van der Waals surface area contributed by atoms with Crippen LogP contribution in [0.2, 0.25) is 0 Å². The molecule has 1 aliphatic rings. The van der Waals surface area contributed by atoms with Crippen LogP contribution < -0.4 is 15.8 Å². The van der Waals surface area contributed by atoms with Crippen LogP contribution in [0.25, 0.3) is 0 Å². The minimum Gasteiger partial charge on any atom is -0.473 e. The standard InChI is InChI=1S/C14H24N4OS/c1-9(2)19-14-12(15)13(16-8-17-14)18-10-5-4-6-11(7-10)20-3/h8-11H,4-7,15H2,1-3H3,(H,16,17,18). The number of thioether (sulfide) groups is 1. The zero-order chi connectivity index (χ0) is 14.5. The molecule has 1 aliphatic carbocycles. The second-order valence-corrected chi connectivity index (χ2v) is 6.61. The fraction of sp³-hybridized carbons (Fsp3) is 0.714. The van der Waals surface area contributed by atoms with Crippen molar-refractivity contribution in [3.8, 4) is 5.88 Å². The molecule has 0 spiro atoms. The average molecular weight is 296 g/mol. The van der Waals surface area contributed by atoms with Crippen LogP contribution in [-0.2, 0) is 0 Å². The first-order valence-electron chi connectivity index (χ1n) is 7.16. The molecule has 1 heterocycles. The Kier molecular flexibility index (Phi) is 5.34. The molecule has 0 aliphatic heterocycles. The minimum absolute atomic E-state index is 0.0515. The Labute approximate surface area is 125 Å². The van der Waals surface area contributed by atoms with Gasteiger partial charge >= 0.3 is 0 Å². The lowest BCUT2D eigenvalue weighted by Gasteiger charge is -2.29. The van der Waals surface area contributed by atoms with Gasteiger partial charge in [-0.25, -0.2) is 4.98 Å². The van der Waals surface area contributed by atoms with Crippen LogP contribution in [0, 0.1) is 0 Å². The van der Waals surface area contributed by atoms with Crippen molar-refractivity contribution in [3.05, 3.63) is 6.33 Å². The summed E-state index contributed by atoms with van der Waals surface area (Å²) < 4.78 is 5.60. The molecular formula is C14H24N4OS. The molecule has 0 radical (unpaired) electrons. The molecule has 6 heteroatoms. The van der Waals surface area contributed by atoms with Gasteiger partial charge in [0.25, 0.3) is 0 Å². The lowest BCUT2D eigenvalue weighted by molar-refractivity contribution is 0.234. The fourth-order valence-corrected chi connectivity index (χ4v) is 3.32. The van der Waals surface area contributed by atoms with E-state index in [-0.39, 0.29) is 6.10 Å². The van der Waals surface area contributed by atoms with Gasteiger partial charge < -0.3 is 15.8 Å². The molecule has 2 unspecified atom stereocenters. The highest BCUT2D eigenvalue weighted by molar-refractivity contribution is 7.99. The predicted molar refractivity (Wildman–Crippen MR) is 85.4 cm³/mol. The molecule has 1 aromatic rings. The molecule has 112 valence electrons. The van der Waals surface area contributed by atoms with Crippen molar-refractivity contribution in [1.29, 1.82) is 0 Å². The quantitative estimate of drug-likeness (QED) is 0.870. The number of nitrogen functional groups attached to an aromatic ring is 1. The summed E-state index contributed by atoms with van der Waals surface area (Å²) in [4.78, 5) is 8.36. The smallest absolute Gasteiger partial charge is 0.242 e. The van der Waals surface area contributed by atoms with Gasteiger partial charge in [-0.3, -0.25) is 0 Å². The van der Waals surface area contributed by atoms with Crippen molar-refractivity contribution >= 4 is 23.3 Å². The second-order valence-electron chi connectivity index (χ2n) is 5.47. The molecule has 3 N–H and O–H groups in total. The van der Waals surface area contributed by atoms with Gasteiger partial charge in [0.15, 0.2) is 5.82 Å². The maximum Gasteiger partial charge on any atom is 0.242 e. The Bertz CT molecular complexity index is 441. The number of ether oxygens (including phenoxy) is 1. The molecule has 0 amide bonds. The predicted octanol–water partition coefficient (Wildman–Crippen LogP) is 2.93. The van der Waals surface area contributed by atoms with Crippen LogP contribution >= 0.6 is 11.8 Å². The van der Waals surface area contributed by atoms with E-state index in [9.17, 15) is 0 Å². The summed E-state index contributed by atoms with van der Waals surface area (Å²) in [6.45, 7) is 3.91. The van der Waals surface area contributed by atoms with Crippen LogP contribution in [0.1, 0.15) is 39.5 Å². The number of nitrogens with zero attached hydrogens (tertiary/aromatic N) is 2. The minimum atomic E-state index is 0.0515. The van der Waals surface area contributed by atoms with E-state index in [1.165, 1.54) is 25.6 Å². The number of hydrogen-bond donors (Lipinski definition) is 2. The third kappa shape index (κ3) is 3.91. The first-order valence-corrected chi connectivity index (χ1v) is 8.45. The molecule has 2 rings (SSSR count). The average Bonchev–Trinajstić information content (AvgIpc) is 2.43. The molecule has 1 fully saturated rings. The van der Waals surface area contributed by atoms with Gasteiger partial charge in [0, 0.05) is 11.3 Å². The third-order valence-corrected chi connectivity index (χ3v) is 4.59. The Hall–Kier alpha value is -1.17. The van der Waals surface area contributed by atoms with Crippen molar-refractivity contribution in [1.82, 2.24) is 9.97 Å². The van der Waals surface area contributed by atoms with E-state index in [1.54, 1.807) is 0 Å². The normalized spacial score (nSPS) is 22.8. The summed E-state index contributed by atoms with van der Waals surface area (Å²) in [5.74, 6) is 1.16. The van der Waals surface area contributed by atoms with E-state index in [1.807, 2.05) is 25.6 Å². The van der Waals surface area contributed by atoms with E-state index in [0.717, 1.165) is 11.7 Å². The van der Waals surface area contributed by atoms with Gasteiger partial charge in [0.1, 0.15) is 12.0 Å². The molecule has 20 heavy (non-hydrogen) atoms. The van der Waals surface area contributed by atoms with Crippen molar-refractivity contribution in [2.45, 2.75) is 56.9 Å². The number of anilines is 2. The topological polar surface area (TPSA) is 73.1 Å². The summed E-state index contributed by atoms with van der Waals surface area (Å²) in [5, 5.41) is 4.19. The molecule has 2 atom stereocenters. The van der Waals surface area contributed by atoms with Crippen LogP contribution in [0.3, 0.4) is 0 Å². The molecule has 0 bridgehead atoms. The van der Waals surface area contributed by atoms with Gasteiger partial charge in [-0.05, 0) is 39.4 Å². The molecule has 1 aromatic heterocycles. The lowest BCUT2D eigenvalue weighted by atomic mass is 9.95. The fourth-order valence-electron chi connectivity index (χ4n) is 2.50. The second kappa shape index (κ2) is 7.02. The van der Waals surface area contributed by atoms with Crippen LogP contribution in [0.15, 0.2) is 6.33 Å². The van der Waals surface area contributed by atoms with Crippen molar-refractivity contribution in [2.75, 3.05) is 17.3 Å². The monoisotopic (exact) mass is 296 g/mol. The lowest BCUT2D eigenvalue weighted by Crippen LogP contribution is -2.29. The first kappa shape index (κ1) is 15.2. The van der Waals surface area contributed by atoms with E-state index in [4.69, 9.17) is 10.5 Å². The number of rotatable bonds is 5. The Morgan fingerprint density at radius 2 is 2.20 bits per heavy atom. The van der Waals surface area contributed by atoms with Crippen molar-refractivity contribution in [2.24, 2.45) is 0 Å². The molecule has 1 saturated carbocycles. The number of nitrogens with one attached hydrogen (secondary N) is 1. The molecule has 0 aromatic carbocycles. The number of nitrogens with two attached hydrogens (primary N) is 1. The largest absolute Gasteiger partial charge is 0.473 e. The van der Waals surface area contributed by atoms with E-state index >= 15 is 0 Å².